The molecule has 0 aliphatic heterocycles. The minimum absolute atomic E-state index is 0.0783. The van der Waals surface area contributed by atoms with Gasteiger partial charge in [-0.25, -0.2) is 4.79 Å². The molecular formula is C8H14BrN3O4. The van der Waals surface area contributed by atoms with E-state index in [-0.39, 0.29) is 30.7 Å². The Hall–Kier alpha value is -1.31. The van der Waals surface area contributed by atoms with E-state index >= 15 is 0 Å². The van der Waals surface area contributed by atoms with E-state index in [2.05, 4.69) is 31.9 Å². The normalized spacial score (nSPS) is 9.31. The molecule has 8 heteroatoms. The van der Waals surface area contributed by atoms with Gasteiger partial charge in [-0.3, -0.25) is 9.59 Å². The van der Waals surface area contributed by atoms with Crippen LogP contribution in [0, 0.1) is 0 Å². The van der Waals surface area contributed by atoms with Gasteiger partial charge in [0, 0.05) is 19.6 Å². The third kappa shape index (κ3) is 9.25. The topological polar surface area (TPSA) is 108 Å². The summed E-state index contributed by atoms with van der Waals surface area (Å²) in [6.45, 7) is 0.698. The van der Waals surface area contributed by atoms with Gasteiger partial charge in [-0.1, -0.05) is 15.9 Å². The van der Waals surface area contributed by atoms with E-state index in [4.69, 9.17) is 5.11 Å². The molecule has 0 atom stereocenters. The zero-order valence-electron chi connectivity index (χ0n) is 8.59. The number of rotatable bonds is 7. The van der Waals surface area contributed by atoms with Crippen LogP contribution in [0.3, 0.4) is 0 Å². The van der Waals surface area contributed by atoms with Crippen molar-refractivity contribution in [2.75, 3.05) is 25.0 Å². The Bertz CT molecular complexity index is 260. The molecule has 7 nitrogen and oxygen atoms in total. The molecule has 16 heavy (non-hydrogen) atoms. The number of carbonyl (C=O) groups excluding carboxylic acids is 2. The van der Waals surface area contributed by atoms with E-state index in [0.717, 1.165) is 0 Å². The number of aliphatic carboxylic acids is 1. The summed E-state index contributed by atoms with van der Waals surface area (Å²) in [7, 11) is 0. The number of amides is 3. The summed E-state index contributed by atoms with van der Waals surface area (Å²) in [6, 6.07) is -0.450. The number of carbonyl (C=O) groups is 3. The number of carboxylic acids is 1. The molecule has 0 aliphatic rings. The van der Waals surface area contributed by atoms with Crippen molar-refractivity contribution < 1.29 is 19.5 Å². The van der Waals surface area contributed by atoms with Crippen molar-refractivity contribution in [1.29, 1.82) is 0 Å². The number of nitrogens with one attached hydrogen (secondary N) is 3. The van der Waals surface area contributed by atoms with Crippen LogP contribution < -0.4 is 16.0 Å². The Labute approximate surface area is 101 Å². The molecule has 0 aromatic heterocycles. The third-order valence-corrected chi connectivity index (χ3v) is 1.99. The zero-order chi connectivity index (χ0) is 12.4. The Morgan fingerprint density at radius 2 is 1.56 bits per heavy atom. The molecule has 0 aromatic rings. The van der Waals surface area contributed by atoms with Crippen molar-refractivity contribution in [3.8, 4) is 0 Å². The van der Waals surface area contributed by atoms with Gasteiger partial charge in [0.15, 0.2) is 0 Å². The summed E-state index contributed by atoms with van der Waals surface area (Å²) < 4.78 is 0. The number of alkyl halides is 1. The van der Waals surface area contributed by atoms with Gasteiger partial charge < -0.3 is 21.1 Å². The monoisotopic (exact) mass is 295 g/mol. The van der Waals surface area contributed by atoms with E-state index in [0.29, 0.717) is 6.54 Å². The SMILES string of the molecule is O=C(O)CCNC(=O)NCCNC(=O)CBr. The van der Waals surface area contributed by atoms with Crippen LogP contribution in [0.2, 0.25) is 0 Å². The molecule has 0 rings (SSSR count). The maximum atomic E-state index is 11.0. The van der Waals surface area contributed by atoms with E-state index < -0.39 is 12.0 Å². The summed E-state index contributed by atoms with van der Waals surface area (Å²) in [4.78, 5) is 31.9. The first-order chi connectivity index (χ1) is 7.56. The largest absolute Gasteiger partial charge is 0.481 e. The first-order valence-electron chi connectivity index (χ1n) is 4.62. The second-order valence-electron chi connectivity index (χ2n) is 2.81. The van der Waals surface area contributed by atoms with Gasteiger partial charge >= 0.3 is 12.0 Å². The highest BCUT2D eigenvalue weighted by molar-refractivity contribution is 9.09. The fourth-order valence-corrected chi connectivity index (χ4v) is 0.969. The number of urea groups is 1. The van der Waals surface area contributed by atoms with Gasteiger partial charge in [-0.05, 0) is 0 Å². The van der Waals surface area contributed by atoms with Gasteiger partial charge in [0.2, 0.25) is 5.91 Å². The minimum atomic E-state index is -0.968. The molecule has 0 heterocycles. The van der Waals surface area contributed by atoms with Crippen LogP contribution in [0.15, 0.2) is 0 Å². The van der Waals surface area contributed by atoms with Crippen LogP contribution >= 0.6 is 15.9 Å². The lowest BCUT2D eigenvalue weighted by Crippen LogP contribution is -2.41. The van der Waals surface area contributed by atoms with Gasteiger partial charge in [0.1, 0.15) is 0 Å². The van der Waals surface area contributed by atoms with Gasteiger partial charge in [-0.15, -0.1) is 0 Å². The standard InChI is InChI=1S/C8H14BrN3O4/c9-5-6(13)10-3-4-12-8(16)11-2-1-7(14)15/h1-5H2,(H,10,13)(H,14,15)(H2,11,12,16). The van der Waals surface area contributed by atoms with Crippen molar-refractivity contribution in [2.24, 2.45) is 0 Å². The Kier molecular flexibility index (Phi) is 8.22. The van der Waals surface area contributed by atoms with Crippen molar-refractivity contribution in [1.82, 2.24) is 16.0 Å². The van der Waals surface area contributed by atoms with Gasteiger partial charge in [-0.2, -0.15) is 0 Å². The van der Waals surface area contributed by atoms with Crippen LogP contribution in [0.25, 0.3) is 0 Å². The maximum Gasteiger partial charge on any atom is 0.314 e. The average molecular weight is 296 g/mol. The van der Waals surface area contributed by atoms with Crippen LogP contribution in [0.4, 0.5) is 4.79 Å². The lowest BCUT2D eigenvalue weighted by Gasteiger charge is -2.06. The van der Waals surface area contributed by atoms with Crippen LogP contribution in [-0.4, -0.2) is 48.0 Å². The fourth-order valence-electron chi connectivity index (χ4n) is 0.771. The number of halogens is 1. The zero-order valence-corrected chi connectivity index (χ0v) is 10.2. The molecule has 0 spiro atoms. The molecule has 0 unspecified atom stereocenters. The first kappa shape index (κ1) is 14.7. The summed E-state index contributed by atoms with van der Waals surface area (Å²) >= 11 is 2.98. The van der Waals surface area contributed by atoms with Crippen molar-refractivity contribution >= 4 is 33.8 Å². The highest BCUT2D eigenvalue weighted by Crippen LogP contribution is 1.77. The summed E-state index contributed by atoms with van der Waals surface area (Å²) in [5.41, 5.74) is 0. The van der Waals surface area contributed by atoms with E-state index in [1.54, 1.807) is 0 Å². The molecule has 3 amide bonds. The van der Waals surface area contributed by atoms with Crippen molar-refractivity contribution in [3.05, 3.63) is 0 Å². The van der Waals surface area contributed by atoms with Gasteiger partial charge in [0.05, 0.1) is 11.8 Å². The average Bonchev–Trinajstić information content (AvgIpc) is 2.23. The maximum absolute atomic E-state index is 11.0. The molecule has 0 saturated carbocycles. The Morgan fingerprint density at radius 3 is 2.12 bits per heavy atom. The molecule has 0 fully saturated rings. The van der Waals surface area contributed by atoms with Crippen LogP contribution in [0.5, 0.6) is 0 Å². The molecule has 0 saturated heterocycles. The smallest absolute Gasteiger partial charge is 0.314 e. The molecule has 4 N–H and O–H groups in total. The second-order valence-corrected chi connectivity index (χ2v) is 3.37. The van der Waals surface area contributed by atoms with E-state index in [1.165, 1.54) is 0 Å². The minimum Gasteiger partial charge on any atom is -0.481 e. The van der Waals surface area contributed by atoms with E-state index in [1.807, 2.05) is 0 Å². The van der Waals surface area contributed by atoms with Crippen LogP contribution in [0.1, 0.15) is 6.42 Å². The molecule has 0 radical (unpaired) electrons. The predicted octanol–water partition coefficient (Wildman–Crippen LogP) is -0.729. The van der Waals surface area contributed by atoms with Gasteiger partial charge in [0.25, 0.3) is 0 Å². The Balaban J connectivity index is 3.37. The summed E-state index contributed by atoms with van der Waals surface area (Å²) in [6.07, 6.45) is -0.117. The summed E-state index contributed by atoms with van der Waals surface area (Å²) in [5, 5.41) is 15.9. The Morgan fingerprint density at radius 1 is 1.00 bits per heavy atom. The highest BCUT2D eigenvalue weighted by atomic mass is 79.9. The lowest BCUT2D eigenvalue weighted by atomic mass is 10.4. The van der Waals surface area contributed by atoms with Crippen LogP contribution in [-0.2, 0) is 9.59 Å². The second kappa shape index (κ2) is 8.96. The van der Waals surface area contributed by atoms with Crippen molar-refractivity contribution in [2.45, 2.75) is 6.42 Å². The number of hydrogen-bond acceptors (Lipinski definition) is 3. The lowest BCUT2D eigenvalue weighted by molar-refractivity contribution is -0.136. The number of hydrogen-bond donors (Lipinski definition) is 4. The molecule has 0 aliphatic carbocycles. The van der Waals surface area contributed by atoms with Crippen molar-refractivity contribution in [3.63, 3.8) is 0 Å². The highest BCUT2D eigenvalue weighted by Gasteiger charge is 2.01. The van der Waals surface area contributed by atoms with E-state index in [9.17, 15) is 14.4 Å². The summed E-state index contributed by atoms with van der Waals surface area (Å²) in [5.74, 6) is -1.13. The first-order valence-corrected chi connectivity index (χ1v) is 5.74. The molecule has 0 bridgehead atoms. The quantitative estimate of drug-likeness (QED) is 0.367. The molecule has 0 aromatic carbocycles. The molecule has 92 valence electrons. The fraction of sp³-hybridized carbons (Fsp3) is 0.625. The number of carboxylic acid groups (broad SMARTS) is 1. The third-order valence-electron chi connectivity index (χ3n) is 1.48. The predicted molar refractivity (Wildman–Crippen MR) is 60.5 cm³/mol. The molecular weight excluding hydrogens is 282 g/mol.